The molecule has 0 aliphatic heterocycles. The Morgan fingerprint density at radius 1 is 0.551 bits per heavy atom. The fourth-order valence-electron chi connectivity index (χ4n) is 7.15. The van der Waals surface area contributed by atoms with Crippen molar-refractivity contribution in [2.24, 2.45) is 28.7 Å². The van der Waals surface area contributed by atoms with Gasteiger partial charge in [-0.25, -0.2) is 0 Å². The number of anilines is 4. The molecule has 0 aromatic heterocycles. The van der Waals surface area contributed by atoms with Crippen LogP contribution in [0.25, 0.3) is 0 Å². The number of carbonyl (C=O) groups is 4. The molecule has 2 atom stereocenters. The van der Waals surface area contributed by atoms with Gasteiger partial charge in [0, 0.05) is 42.3 Å². The molecule has 0 aliphatic carbocycles. The molecule has 0 saturated carbocycles. The van der Waals surface area contributed by atoms with Crippen LogP contribution in [0.3, 0.4) is 0 Å². The summed E-state index contributed by atoms with van der Waals surface area (Å²) in [5.41, 5.74) is 35.7. The number of carbonyl (C=O) groups excluding carboxylic acids is 4. The molecule has 2 unspecified atom stereocenters. The van der Waals surface area contributed by atoms with Crippen molar-refractivity contribution in [3.05, 3.63) is 137 Å². The fourth-order valence-corrected chi connectivity index (χ4v) is 8.85. The summed E-state index contributed by atoms with van der Waals surface area (Å²) in [6, 6.07) is 29.9. The van der Waals surface area contributed by atoms with E-state index in [0.29, 0.717) is 76.4 Å². The van der Waals surface area contributed by atoms with E-state index < -0.39 is 34.7 Å². The van der Waals surface area contributed by atoms with Crippen LogP contribution in [0.15, 0.2) is 113 Å². The summed E-state index contributed by atoms with van der Waals surface area (Å²) in [5.74, 6) is -0.596. The Morgan fingerprint density at radius 3 is 1.39 bits per heavy atom. The summed E-state index contributed by atoms with van der Waals surface area (Å²) in [7, 11) is 0. The van der Waals surface area contributed by atoms with Crippen molar-refractivity contribution in [1.82, 2.24) is 0 Å². The van der Waals surface area contributed by atoms with Gasteiger partial charge in [0.1, 0.15) is 12.4 Å². The number of rotatable bonds is 22. The van der Waals surface area contributed by atoms with Crippen LogP contribution < -0.4 is 54.7 Å². The second-order valence-corrected chi connectivity index (χ2v) is 21.0. The first-order valence-corrected chi connectivity index (χ1v) is 25.1. The van der Waals surface area contributed by atoms with Gasteiger partial charge >= 0.3 is 0 Å². The van der Waals surface area contributed by atoms with Crippen LogP contribution in [0.4, 0.5) is 22.7 Å². The van der Waals surface area contributed by atoms with Gasteiger partial charge in [-0.1, -0.05) is 102 Å². The Bertz CT molecular complexity index is 2550. The maximum atomic E-state index is 14.5. The molecule has 0 radical (unpaired) electrons. The van der Waals surface area contributed by atoms with E-state index in [-0.39, 0.29) is 41.8 Å². The average Bonchev–Trinajstić information content (AvgIpc) is 3.31. The normalized spacial score (nSPS) is 12.4. The summed E-state index contributed by atoms with van der Waals surface area (Å²) >= 11 is 2.78. The molecule has 5 aromatic rings. The van der Waals surface area contributed by atoms with Crippen LogP contribution in [0.2, 0.25) is 0 Å². The maximum absolute atomic E-state index is 14.5. The van der Waals surface area contributed by atoms with Gasteiger partial charge in [0.15, 0.2) is 0 Å². The number of hydrogen-bond acceptors (Lipinski definition) is 12. The molecule has 0 bridgehead atoms. The maximum Gasteiger partial charge on any atom is 0.255 e. The Morgan fingerprint density at radius 2 is 0.971 bits per heavy atom. The number of nitrogens with two attached hydrogens (primary N) is 5. The van der Waals surface area contributed by atoms with Crippen molar-refractivity contribution in [3.8, 4) is 5.75 Å². The fraction of sp³-hybridized carbons (Fsp3) is 0.358. The smallest absolute Gasteiger partial charge is 0.255 e. The monoisotopic (exact) mass is 975 g/mol. The first-order valence-electron chi connectivity index (χ1n) is 23.2. The first-order chi connectivity index (χ1) is 32.8. The molecule has 5 rings (SSSR count). The van der Waals surface area contributed by atoms with Gasteiger partial charge in [-0.3, -0.25) is 19.2 Å². The first kappa shape index (κ1) is 54.2. The second kappa shape index (κ2) is 25.2. The van der Waals surface area contributed by atoms with Gasteiger partial charge in [0.25, 0.3) is 11.8 Å². The number of nitrogens with one attached hydrogen (secondary N) is 4. The quantitative estimate of drug-likeness (QED) is 0.0304. The highest BCUT2D eigenvalue weighted by Crippen LogP contribution is 2.41. The zero-order valence-corrected chi connectivity index (χ0v) is 42.2. The summed E-state index contributed by atoms with van der Waals surface area (Å²) in [6.45, 7) is 13.2. The third kappa shape index (κ3) is 15.9. The van der Waals surface area contributed by atoms with E-state index in [1.54, 1.807) is 12.1 Å². The van der Waals surface area contributed by atoms with Crippen molar-refractivity contribution < 1.29 is 23.9 Å². The van der Waals surface area contributed by atoms with Crippen molar-refractivity contribution in [2.45, 2.75) is 93.5 Å². The lowest BCUT2D eigenvalue weighted by Crippen LogP contribution is -2.37. The van der Waals surface area contributed by atoms with Gasteiger partial charge in [-0.2, -0.15) is 0 Å². The van der Waals surface area contributed by atoms with Crippen LogP contribution in [-0.2, 0) is 33.3 Å². The van der Waals surface area contributed by atoms with E-state index in [4.69, 9.17) is 33.4 Å². The zero-order chi connectivity index (χ0) is 50.3. The van der Waals surface area contributed by atoms with Crippen LogP contribution in [0, 0.1) is 0 Å². The Kier molecular flexibility index (Phi) is 19.8. The van der Waals surface area contributed by atoms with Crippen molar-refractivity contribution in [2.75, 3.05) is 59.0 Å². The van der Waals surface area contributed by atoms with Crippen molar-refractivity contribution >= 4 is 69.9 Å². The minimum Gasteiger partial charge on any atom is -0.492 e. The molecule has 5 aromatic carbocycles. The van der Waals surface area contributed by atoms with E-state index in [0.717, 1.165) is 22.3 Å². The molecule has 0 heterocycles. The minimum absolute atomic E-state index is 0.124. The number of amides is 4. The van der Waals surface area contributed by atoms with E-state index in [9.17, 15) is 19.2 Å². The number of benzene rings is 5. The molecule has 16 heteroatoms. The molecular formula is C53H69N9O5S2. The van der Waals surface area contributed by atoms with Crippen LogP contribution >= 0.6 is 23.5 Å². The number of ether oxygens (including phenoxy) is 1. The van der Waals surface area contributed by atoms with Gasteiger partial charge in [0.05, 0.1) is 44.6 Å². The standard InChI is InChI=1S/C53H69N9O5S2/c1-52(2,3)37-29-42(46(68-23-20-55)44(31-37)61-50(65)40(57)18-17-33-13-9-7-10-14-33)59-48(63)35-26-36(28-39(27-35)67-22-19-54)49(64)60-43-30-38(53(4,5)6)32-45(47(43)69-24-21-56)62-51(66)41(58)25-34-15-11-8-12-16-34/h7-16,26-32,40-41H,17-25,54-58H2,1-6H3,(H,59,63)(H,60,64)(H,61,65)(H,62,66). The zero-order valence-electron chi connectivity index (χ0n) is 40.6. The SMILES string of the molecule is CC(C)(C)c1cc(NC(=O)c2cc(OCCN)cc(C(=O)Nc3cc(C(C)(C)C)cc(NC(=O)C(N)Cc4ccccc4)c3SCCN)c2)c(SCCN)c(NC(=O)C(N)CCc2ccccc2)c1. The molecule has 14 nitrogen and oxygen atoms in total. The Hall–Kier alpha value is -5.72. The molecule has 69 heavy (non-hydrogen) atoms. The van der Waals surface area contributed by atoms with Gasteiger partial charge in [-0.05, 0) is 94.8 Å². The summed E-state index contributed by atoms with van der Waals surface area (Å²) in [6.07, 6.45) is 1.39. The Balaban J connectivity index is 1.50. The van der Waals surface area contributed by atoms with Gasteiger partial charge in [-0.15, -0.1) is 23.5 Å². The lowest BCUT2D eigenvalue weighted by atomic mass is 9.86. The van der Waals surface area contributed by atoms with E-state index in [1.165, 1.54) is 29.6 Å². The third-order valence-corrected chi connectivity index (χ3v) is 13.4. The molecular weight excluding hydrogens is 907 g/mol. The number of thioether (sulfide) groups is 2. The Labute approximate surface area is 415 Å². The topological polar surface area (TPSA) is 256 Å². The summed E-state index contributed by atoms with van der Waals surface area (Å²) < 4.78 is 5.94. The van der Waals surface area contributed by atoms with E-state index >= 15 is 0 Å². The van der Waals surface area contributed by atoms with Crippen LogP contribution in [0.1, 0.15) is 90.9 Å². The average molecular weight is 976 g/mol. The molecule has 0 spiro atoms. The predicted octanol–water partition coefficient (Wildman–Crippen LogP) is 7.63. The summed E-state index contributed by atoms with van der Waals surface area (Å²) in [5, 5.41) is 12.3. The van der Waals surface area contributed by atoms with E-state index in [2.05, 4.69) is 21.3 Å². The predicted molar refractivity (Wildman–Crippen MR) is 285 cm³/mol. The highest BCUT2D eigenvalue weighted by Gasteiger charge is 2.26. The molecule has 368 valence electrons. The van der Waals surface area contributed by atoms with Crippen molar-refractivity contribution in [3.63, 3.8) is 0 Å². The highest BCUT2D eigenvalue weighted by molar-refractivity contribution is 7.99. The van der Waals surface area contributed by atoms with Crippen LogP contribution in [-0.4, -0.2) is 73.5 Å². The lowest BCUT2D eigenvalue weighted by Gasteiger charge is -2.25. The molecule has 0 saturated heterocycles. The molecule has 14 N–H and O–H groups in total. The van der Waals surface area contributed by atoms with Gasteiger partial charge < -0.3 is 54.7 Å². The minimum atomic E-state index is -0.845. The number of hydrogen-bond donors (Lipinski definition) is 9. The summed E-state index contributed by atoms with van der Waals surface area (Å²) in [4.78, 5) is 57.6. The molecule has 4 amide bonds. The third-order valence-electron chi connectivity index (χ3n) is 11.0. The van der Waals surface area contributed by atoms with Crippen LogP contribution in [0.5, 0.6) is 5.75 Å². The second-order valence-electron chi connectivity index (χ2n) is 18.8. The largest absolute Gasteiger partial charge is 0.492 e. The lowest BCUT2D eigenvalue weighted by molar-refractivity contribution is -0.118. The van der Waals surface area contributed by atoms with Gasteiger partial charge in [0.2, 0.25) is 11.8 Å². The molecule has 0 fully saturated rings. The molecule has 0 aliphatic rings. The van der Waals surface area contributed by atoms with Crippen molar-refractivity contribution in [1.29, 1.82) is 0 Å². The van der Waals surface area contributed by atoms with E-state index in [1.807, 2.05) is 126 Å². The number of aryl methyl sites for hydroxylation is 1. The highest BCUT2D eigenvalue weighted by atomic mass is 32.2.